The third-order valence-corrected chi connectivity index (χ3v) is 2.40. The van der Waals surface area contributed by atoms with Crippen molar-refractivity contribution in [3.63, 3.8) is 0 Å². The SMILES string of the molecule is CC(C)(C)OC(=O)COc1[c]c2ccccc2cc1. The Morgan fingerprint density at radius 3 is 2.63 bits per heavy atom. The van der Waals surface area contributed by atoms with Crippen molar-refractivity contribution in [2.75, 3.05) is 6.61 Å². The first kappa shape index (κ1) is 13.4. The Bertz CT molecular complexity index is 582. The van der Waals surface area contributed by atoms with Gasteiger partial charge in [-0.2, -0.15) is 0 Å². The molecule has 0 aliphatic rings. The zero-order valence-electron chi connectivity index (χ0n) is 11.4. The topological polar surface area (TPSA) is 35.5 Å². The molecule has 0 heterocycles. The summed E-state index contributed by atoms with van der Waals surface area (Å²) in [6, 6.07) is 14.7. The number of hydrogen-bond donors (Lipinski definition) is 0. The maximum Gasteiger partial charge on any atom is 0.344 e. The number of fused-ring (bicyclic) bond motifs is 1. The highest BCUT2D eigenvalue weighted by atomic mass is 16.6. The van der Waals surface area contributed by atoms with E-state index < -0.39 is 5.60 Å². The Kier molecular flexibility index (Phi) is 3.74. The van der Waals surface area contributed by atoms with Crippen LogP contribution in [0.2, 0.25) is 0 Å². The monoisotopic (exact) mass is 257 g/mol. The van der Waals surface area contributed by atoms with Crippen LogP contribution in [0.3, 0.4) is 0 Å². The summed E-state index contributed by atoms with van der Waals surface area (Å²) < 4.78 is 10.6. The van der Waals surface area contributed by atoms with Crippen molar-refractivity contribution in [1.29, 1.82) is 0 Å². The van der Waals surface area contributed by atoms with Gasteiger partial charge in [0.15, 0.2) is 6.61 Å². The molecule has 0 spiro atoms. The van der Waals surface area contributed by atoms with E-state index in [0.29, 0.717) is 5.75 Å². The van der Waals surface area contributed by atoms with E-state index >= 15 is 0 Å². The zero-order chi connectivity index (χ0) is 13.9. The van der Waals surface area contributed by atoms with E-state index in [4.69, 9.17) is 9.47 Å². The molecule has 0 aliphatic carbocycles. The van der Waals surface area contributed by atoms with Crippen molar-refractivity contribution in [3.05, 3.63) is 42.5 Å². The largest absolute Gasteiger partial charge is 0.481 e. The smallest absolute Gasteiger partial charge is 0.344 e. The van der Waals surface area contributed by atoms with Crippen LogP contribution in [0.25, 0.3) is 10.8 Å². The molecule has 0 amide bonds. The van der Waals surface area contributed by atoms with Gasteiger partial charge >= 0.3 is 5.97 Å². The van der Waals surface area contributed by atoms with Gasteiger partial charge in [0.05, 0.1) is 0 Å². The van der Waals surface area contributed by atoms with E-state index in [1.807, 2.05) is 51.1 Å². The lowest BCUT2D eigenvalue weighted by Crippen LogP contribution is -2.27. The van der Waals surface area contributed by atoms with Crippen LogP contribution in [0.15, 0.2) is 36.4 Å². The van der Waals surface area contributed by atoms with Crippen molar-refractivity contribution in [2.45, 2.75) is 26.4 Å². The van der Waals surface area contributed by atoms with Gasteiger partial charge in [0.2, 0.25) is 0 Å². The molecule has 1 radical (unpaired) electrons. The predicted octanol–water partition coefficient (Wildman–Crippen LogP) is 3.36. The van der Waals surface area contributed by atoms with E-state index in [-0.39, 0.29) is 12.6 Å². The molecular formula is C16H17O3. The Hall–Kier alpha value is -2.03. The molecule has 0 unspecified atom stereocenters. The summed E-state index contributed by atoms with van der Waals surface area (Å²) in [5.41, 5.74) is -0.493. The molecule has 0 bridgehead atoms. The van der Waals surface area contributed by atoms with E-state index in [9.17, 15) is 4.79 Å². The first-order valence-corrected chi connectivity index (χ1v) is 6.20. The Morgan fingerprint density at radius 1 is 1.16 bits per heavy atom. The third-order valence-electron chi connectivity index (χ3n) is 2.40. The van der Waals surface area contributed by atoms with Gasteiger partial charge in [-0.25, -0.2) is 4.79 Å². The molecule has 2 aromatic rings. The molecule has 99 valence electrons. The summed E-state index contributed by atoms with van der Waals surface area (Å²) >= 11 is 0. The molecule has 2 aromatic carbocycles. The van der Waals surface area contributed by atoms with Crippen LogP contribution in [-0.4, -0.2) is 18.2 Å². The normalized spacial score (nSPS) is 11.3. The molecule has 0 aliphatic heterocycles. The summed E-state index contributed by atoms with van der Waals surface area (Å²) in [5, 5.41) is 2.05. The average Bonchev–Trinajstić information content (AvgIpc) is 2.34. The van der Waals surface area contributed by atoms with Gasteiger partial charge in [-0.05, 0) is 37.6 Å². The van der Waals surface area contributed by atoms with Gasteiger partial charge in [0, 0.05) is 6.07 Å². The maximum atomic E-state index is 11.5. The molecule has 19 heavy (non-hydrogen) atoms. The standard InChI is InChI=1S/C16H17O3/c1-16(2,3)19-15(17)11-18-14-9-8-12-6-4-5-7-13(12)10-14/h4-9H,11H2,1-3H3. The lowest BCUT2D eigenvalue weighted by molar-refractivity contribution is -0.157. The van der Waals surface area contributed by atoms with Crippen molar-refractivity contribution < 1.29 is 14.3 Å². The molecule has 0 saturated heterocycles. The summed E-state index contributed by atoms with van der Waals surface area (Å²) in [5.74, 6) is 0.165. The first-order chi connectivity index (χ1) is 8.94. The predicted molar refractivity (Wildman–Crippen MR) is 74.1 cm³/mol. The van der Waals surface area contributed by atoms with Gasteiger partial charge in [-0.3, -0.25) is 0 Å². The fraction of sp³-hybridized carbons (Fsp3) is 0.312. The molecule has 0 fully saturated rings. The maximum absolute atomic E-state index is 11.5. The number of carbonyl (C=O) groups excluding carboxylic acids is 1. The highest BCUT2D eigenvalue weighted by Crippen LogP contribution is 2.19. The van der Waals surface area contributed by atoms with Crippen molar-refractivity contribution in [1.82, 2.24) is 0 Å². The van der Waals surface area contributed by atoms with Crippen LogP contribution in [0.1, 0.15) is 20.8 Å². The van der Waals surface area contributed by atoms with Crippen LogP contribution in [0.4, 0.5) is 0 Å². The summed E-state index contributed by atoms with van der Waals surface area (Å²) in [7, 11) is 0. The minimum absolute atomic E-state index is 0.105. The Balaban J connectivity index is 2.00. The summed E-state index contributed by atoms with van der Waals surface area (Å²) in [4.78, 5) is 11.5. The molecule has 3 heteroatoms. The van der Waals surface area contributed by atoms with E-state index in [0.717, 1.165) is 10.8 Å². The van der Waals surface area contributed by atoms with Crippen LogP contribution >= 0.6 is 0 Å². The highest BCUT2D eigenvalue weighted by Gasteiger charge is 2.16. The lowest BCUT2D eigenvalue weighted by Gasteiger charge is -2.19. The molecule has 0 aromatic heterocycles. The lowest BCUT2D eigenvalue weighted by atomic mass is 10.1. The van der Waals surface area contributed by atoms with Gasteiger partial charge in [0.25, 0.3) is 0 Å². The first-order valence-electron chi connectivity index (χ1n) is 6.20. The molecule has 3 nitrogen and oxygen atoms in total. The fourth-order valence-electron chi connectivity index (χ4n) is 1.69. The minimum atomic E-state index is -0.493. The molecular weight excluding hydrogens is 240 g/mol. The van der Waals surface area contributed by atoms with E-state index in [1.54, 1.807) is 6.07 Å². The number of hydrogen-bond acceptors (Lipinski definition) is 3. The Morgan fingerprint density at radius 2 is 1.89 bits per heavy atom. The Labute approximate surface area is 113 Å². The van der Waals surface area contributed by atoms with Crippen molar-refractivity contribution in [2.24, 2.45) is 0 Å². The minimum Gasteiger partial charge on any atom is -0.481 e. The quantitative estimate of drug-likeness (QED) is 0.791. The second kappa shape index (κ2) is 5.31. The molecule has 0 N–H and O–H groups in total. The van der Waals surface area contributed by atoms with Crippen LogP contribution < -0.4 is 4.74 Å². The van der Waals surface area contributed by atoms with Gasteiger partial charge in [-0.1, -0.05) is 30.3 Å². The zero-order valence-corrected chi connectivity index (χ0v) is 11.4. The number of esters is 1. The third kappa shape index (κ3) is 3.98. The van der Waals surface area contributed by atoms with E-state index in [2.05, 4.69) is 6.07 Å². The molecule has 0 saturated carbocycles. The van der Waals surface area contributed by atoms with Gasteiger partial charge in [0.1, 0.15) is 11.4 Å². The highest BCUT2D eigenvalue weighted by molar-refractivity contribution is 5.83. The van der Waals surface area contributed by atoms with Gasteiger partial charge < -0.3 is 9.47 Å². The molecule has 0 atom stereocenters. The van der Waals surface area contributed by atoms with Crippen LogP contribution in [-0.2, 0) is 9.53 Å². The number of rotatable bonds is 3. The van der Waals surface area contributed by atoms with Crippen molar-refractivity contribution >= 4 is 16.7 Å². The molecule has 2 rings (SSSR count). The number of carbonyl (C=O) groups is 1. The van der Waals surface area contributed by atoms with Crippen molar-refractivity contribution in [3.8, 4) is 5.75 Å². The number of benzene rings is 2. The second-order valence-electron chi connectivity index (χ2n) is 5.28. The van der Waals surface area contributed by atoms with E-state index in [1.165, 1.54) is 0 Å². The van der Waals surface area contributed by atoms with Crippen LogP contribution in [0, 0.1) is 6.07 Å². The summed E-state index contributed by atoms with van der Waals surface area (Å²) in [6.45, 7) is 5.37. The average molecular weight is 257 g/mol. The van der Waals surface area contributed by atoms with Gasteiger partial charge in [-0.15, -0.1) is 0 Å². The fourth-order valence-corrected chi connectivity index (χ4v) is 1.69. The second-order valence-corrected chi connectivity index (χ2v) is 5.28. The van der Waals surface area contributed by atoms with Crippen LogP contribution in [0.5, 0.6) is 5.75 Å². The summed E-state index contributed by atoms with van der Waals surface area (Å²) in [6.07, 6.45) is 0. The number of ether oxygens (including phenoxy) is 2.